The highest BCUT2D eigenvalue weighted by Gasteiger charge is 2.35. The van der Waals surface area contributed by atoms with Gasteiger partial charge in [0.15, 0.2) is 0 Å². The molecule has 42 heavy (non-hydrogen) atoms. The van der Waals surface area contributed by atoms with Crippen molar-refractivity contribution in [3.05, 3.63) is 58.7 Å². The van der Waals surface area contributed by atoms with Crippen molar-refractivity contribution < 1.29 is 36.7 Å². The lowest BCUT2D eigenvalue weighted by molar-refractivity contribution is 0.0288. The summed E-state index contributed by atoms with van der Waals surface area (Å²) in [7, 11) is -7.74. The SMILES string of the molecule is CCOC1CCN(S(=O)(=O)c2ccc3c(c2)/C(=N/O)c2ccc(S(=O)(=O)N4CCC(OCC)CC4)cc2/C3=N/O)CC1. The average Bonchev–Trinajstić information content (AvgIpc) is 3.00. The number of nitrogens with zero attached hydrogens (tertiary/aromatic N) is 4. The van der Waals surface area contributed by atoms with Crippen molar-refractivity contribution in [2.45, 2.75) is 61.5 Å². The highest BCUT2D eigenvalue weighted by atomic mass is 32.2. The molecule has 2 saturated heterocycles. The van der Waals surface area contributed by atoms with Crippen LogP contribution in [0.25, 0.3) is 0 Å². The second kappa shape index (κ2) is 12.4. The largest absolute Gasteiger partial charge is 0.410 e. The van der Waals surface area contributed by atoms with E-state index in [4.69, 9.17) is 9.47 Å². The zero-order valence-corrected chi connectivity index (χ0v) is 25.3. The van der Waals surface area contributed by atoms with Crippen LogP contribution in [-0.2, 0) is 29.5 Å². The number of piperidine rings is 2. The predicted molar refractivity (Wildman–Crippen MR) is 155 cm³/mol. The number of rotatable bonds is 8. The van der Waals surface area contributed by atoms with Crippen molar-refractivity contribution in [1.82, 2.24) is 8.61 Å². The van der Waals surface area contributed by atoms with E-state index in [0.717, 1.165) is 0 Å². The van der Waals surface area contributed by atoms with Gasteiger partial charge in [0.1, 0.15) is 11.4 Å². The maximum atomic E-state index is 13.5. The van der Waals surface area contributed by atoms with Crippen LogP contribution >= 0.6 is 0 Å². The fraction of sp³-hybridized carbons (Fsp3) is 0.500. The molecule has 0 bridgehead atoms. The van der Waals surface area contributed by atoms with E-state index >= 15 is 0 Å². The van der Waals surface area contributed by atoms with Crippen molar-refractivity contribution in [3.63, 3.8) is 0 Å². The molecule has 14 heteroatoms. The van der Waals surface area contributed by atoms with E-state index < -0.39 is 20.0 Å². The van der Waals surface area contributed by atoms with Crippen LogP contribution in [0.15, 0.2) is 56.5 Å². The molecule has 228 valence electrons. The standard InChI is InChI=1S/C28H36N4O8S2/c1-3-39-19-9-13-31(14-10-19)41(35,36)21-5-7-23-25(17-21)27(29-33)24-8-6-22(18-26(24)28(23)30-34)42(37,38)32-15-11-20(12-16-32)40-4-2/h5-8,17-20,33-34H,3-4,9-16H2,1-2H3/b29-27+,30-28+. The first-order valence-corrected chi connectivity index (χ1v) is 17.0. The Labute approximate surface area is 246 Å². The van der Waals surface area contributed by atoms with Crippen molar-refractivity contribution in [2.75, 3.05) is 39.4 Å². The zero-order chi connectivity index (χ0) is 30.1. The Morgan fingerprint density at radius 3 is 1.33 bits per heavy atom. The van der Waals surface area contributed by atoms with Crippen molar-refractivity contribution in [1.29, 1.82) is 0 Å². The Morgan fingerprint density at radius 1 is 0.667 bits per heavy atom. The molecule has 12 nitrogen and oxygen atoms in total. The fourth-order valence-electron chi connectivity index (χ4n) is 5.93. The molecule has 0 amide bonds. The molecule has 0 radical (unpaired) electrons. The summed E-state index contributed by atoms with van der Waals surface area (Å²) < 4.78 is 68.2. The van der Waals surface area contributed by atoms with E-state index in [-0.39, 0.29) is 44.5 Å². The molecular formula is C28H36N4O8S2. The number of hydrogen-bond donors (Lipinski definition) is 2. The molecule has 3 aliphatic rings. The van der Waals surface area contributed by atoms with E-state index in [1.807, 2.05) is 13.8 Å². The van der Waals surface area contributed by atoms with Gasteiger partial charge in [0.05, 0.1) is 22.0 Å². The van der Waals surface area contributed by atoms with E-state index in [1.54, 1.807) is 0 Å². The second-order valence-corrected chi connectivity index (χ2v) is 14.3. The summed E-state index contributed by atoms with van der Waals surface area (Å²) in [6.07, 6.45) is 2.40. The maximum Gasteiger partial charge on any atom is 0.243 e. The molecule has 2 aliphatic heterocycles. The van der Waals surface area contributed by atoms with Gasteiger partial charge in [-0.15, -0.1) is 0 Å². The van der Waals surface area contributed by atoms with E-state index in [1.165, 1.54) is 45.0 Å². The summed E-state index contributed by atoms with van der Waals surface area (Å²) in [5.74, 6) is 0. The number of hydrogen-bond acceptors (Lipinski definition) is 10. The number of benzene rings is 2. The van der Waals surface area contributed by atoms with Crippen molar-refractivity contribution in [3.8, 4) is 0 Å². The lowest BCUT2D eigenvalue weighted by Crippen LogP contribution is -2.41. The first-order valence-electron chi connectivity index (χ1n) is 14.1. The molecular weight excluding hydrogens is 584 g/mol. The molecule has 0 atom stereocenters. The van der Waals surface area contributed by atoms with Gasteiger partial charge in [-0.05, 0) is 63.8 Å². The smallest absolute Gasteiger partial charge is 0.243 e. The third-order valence-electron chi connectivity index (χ3n) is 8.08. The number of fused-ring (bicyclic) bond motifs is 2. The van der Waals surface area contributed by atoms with Gasteiger partial charge in [-0.25, -0.2) is 16.8 Å². The Bertz CT molecular complexity index is 1470. The van der Waals surface area contributed by atoms with Gasteiger partial charge in [-0.3, -0.25) is 0 Å². The third kappa shape index (κ3) is 5.58. The van der Waals surface area contributed by atoms with Gasteiger partial charge in [0.25, 0.3) is 0 Å². The molecule has 0 unspecified atom stereocenters. The van der Waals surface area contributed by atoms with Gasteiger partial charge in [-0.1, -0.05) is 22.4 Å². The topological polar surface area (TPSA) is 158 Å². The van der Waals surface area contributed by atoms with Gasteiger partial charge in [0.2, 0.25) is 20.0 Å². The highest BCUT2D eigenvalue weighted by molar-refractivity contribution is 7.89. The minimum absolute atomic E-state index is 0.00709. The highest BCUT2D eigenvalue weighted by Crippen LogP contribution is 2.34. The minimum atomic E-state index is -3.87. The molecule has 5 rings (SSSR count). The normalized spacial score (nSPS) is 21.5. The number of sulfonamides is 2. The van der Waals surface area contributed by atoms with Crippen molar-refractivity contribution in [2.24, 2.45) is 10.3 Å². The first-order chi connectivity index (χ1) is 20.1. The lowest BCUT2D eigenvalue weighted by atomic mass is 9.83. The van der Waals surface area contributed by atoms with E-state index in [0.29, 0.717) is 76.2 Å². The summed E-state index contributed by atoms with van der Waals surface area (Å²) in [6, 6.07) is 8.59. The zero-order valence-electron chi connectivity index (χ0n) is 23.6. The molecule has 2 heterocycles. The monoisotopic (exact) mass is 620 g/mol. The molecule has 2 aromatic carbocycles. The van der Waals surface area contributed by atoms with Crippen LogP contribution in [0, 0.1) is 0 Å². The van der Waals surface area contributed by atoms with Crippen LogP contribution in [0.5, 0.6) is 0 Å². The van der Waals surface area contributed by atoms with Crippen LogP contribution < -0.4 is 0 Å². The number of oxime groups is 2. The van der Waals surface area contributed by atoms with E-state index in [9.17, 15) is 27.3 Å². The Kier molecular flexibility index (Phi) is 9.02. The Balaban J connectivity index is 1.46. The Morgan fingerprint density at radius 2 is 1.02 bits per heavy atom. The summed E-state index contributed by atoms with van der Waals surface area (Å²) in [4.78, 5) is 0.0142. The van der Waals surface area contributed by atoms with Crippen LogP contribution in [0.1, 0.15) is 61.8 Å². The molecule has 2 aromatic rings. The minimum Gasteiger partial charge on any atom is -0.410 e. The number of ether oxygens (including phenoxy) is 2. The molecule has 0 aromatic heterocycles. The van der Waals surface area contributed by atoms with Gasteiger partial charge in [0, 0.05) is 61.6 Å². The predicted octanol–water partition coefficient (Wildman–Crippen LogP) is 2.83. The van der Waals surface area contributed by atoms with Crippen LogP contribution in [-0.4, -0.2) is 98.9 Å². The lowest BCUT2D eigenvalue weighted by Gasteiger charge is -2.31. The molecule has 0 spiro atoms. The van der Waals surface area contributed by atoms with Crippen molar-refractivity contribution >= 4 is 31.5 Å². The van der Waals surface area contributed by atoms with Gasteiger partial charge in [-0.2, -0.15) is 8.61 Å². The van der Waals surface area contributed by atoms with Crippen LogP contribution in [0.3, 0.4) is 0 Å². The van der Waals surface area contributed by atoms with Crippen LogP contribution in [0.2, 0.25) is 0 Å². The molecule has 1 aliphatic carbocycles. The average molecular weight is 621 g/mol. The first kappa shape index (κ1) is 30.6. The van der Waals surface area contributed by atoms with E-state index in [2.05, 4.69) is 10.3 Å². The molecule has 2 fully saturated rings. The Hall–Kier alpha value is -2.88. The summed E-state index contributed by atoms with van der Waals surface area (Å²) in [6.45, 7) is 6.23. The third-order valence-corrected chi connectivity index (χ3v) is 11.9. The summed E-state index contributed by atoms with van der Waals surface area (Å²) in [5.41, 5.74) is 1.19. The summed E-state index contributed by atoms with van der Waals surface area (Å²) in [5, 5.41) is 27.0. The molecule has 0 saturated carbocycles. The van der Waals surface area contributed by atoms with Gasteiger partial charge >= 0.3 is 0 Å². The molecule has 2 N–H and O–H groups in total. The van der Waals surface area contributed by atoms with Gasteiger partial charge < -0.3 is 19.9 Å². The quantitative estimate of drug-likeness (QED) is 0.287. The van der Waals surface area contributed by atoms with Crippen LogP contribution in [0.4, 0.5) is 0 Å². The fourth-order valence-corrected chi connectivity index (χ4v) is 8.92. The second-order valence-electron chi connectivity index (χ2n) is 10.4. The summed E-state index contributed by atoms with van der Waals surface area (Å²) >= 11 is 0. The maximum absolute atomic E-state index is 13.5.